The number of fused-ring (bicyclic) bond motifs is 1. The molecule has 1 nitrogen and oxygen atoms in total. The average Bonchev–Trinajstić information content (AvgIpc) is 2.33. The minimum absolute atomic E-state index is 0.0633. The first kappa shape index (κ1) is 11.5. The summed E-state index contributed by atoms with van der Waals surface area (Å²) < 4.78 is 5.77. The molecule has 1 heteroatoms. The molecule has 1 aliphatic rings. The van der Waals surface area contributed by atoms with Crippen molar-refractivity contribution in [2.45, 2.75) is 32.0 Å². The minimum Gasteiger partial charge on any atom is -0.368 e. The van der Waals surface area contributed by atoms with Gasteiger partial charge in [-0.1, -0.05) is 54.6 Å². The van der Waals surface area contributed by atoms with Gasteiger partial charge in [-0.15, -0.1) is 0 Å². The van der Waals surface area contributed by atoms with Crippen LogP contribution in [0.2, 0.25) is 0 Å². The van der Waals surface area contributed by atoms with Crippen LogP contribution in [0.3, 0.4) is 0 Å². The Hall–Kier alpha value is -1.60. The molecule has 3 rings (SSSR count). The van der Waals surface area contributed by atoms with Gasteiger partial charge in [0.25, 0.3) is 0 Å². The van der Waals surface area contributed by atoms with E-state index >= 15 is 0 Å². The topological polar surface area (TPSA) is 9.23 Å². The maximum Gasteiger partial charge on any atom is 0.0793 e. The number of hydrogen-bond acceptors (Lipinski definition) is 1. The zero-order chi connectivity index (χ0) is 12.6. The van der Waals surface area contributed by atoms with Gasteiger partial charge in [-0.25, -0.2) is 0 Å². The summed E-state index contributed by atoms with van der Waals surface area (Å²) in [5.41, 5.74) is 1.33. The standard InChI is InChI=1S/C17H18O/c1-17(2)12-15(18-17)11-10-14-8-5-7-13-6-3-4-9-16(13)14/h3-11,15H,12H2,1-2H3. The monoisotopic (exact) mass is 238 g/mol. The highest BCUT2D eigenvalue weighted by Crippen LogP contribution is 2.32. The summed E-state index contributed by atoms with van der Waals surface area (Å²) in [6.45, 7) is 4.27. The van der Waals surface area contributed by atoms with Gasteiger partial charge in [0, 0.05) is 6.42 Å². The zero-order valence-corrected chi connectivity index (χ0v) is 10.9. The number of hydrogen-bond donors (Lipinski definition) is 0. The summed E-state index contributed by atoms with van der Waals surface area (Å²) in [6, 6.07) is 14.9. The lowest BCUT2D eigenvalue weighted by Gasteiger charge is -2.41. The quantitative estimate of drug-likeness (QED) is 0.752. The first-order chi connectivity index (χ1) is 8.64. The molecule has 0 bridgehead atoms. The van der Waals surface area contributed by atoms with Gasteiger partial charge in [-0.3, -0.25) is 0 Å². The van der Waals surface area contributed by atoms with E-state index in [0.717, 1.165) is 6.42 Å². The molecule has 0 aromatic heterocycles. The van der Waals surface area contributed by atoms with Crippen LogP contribution in [0, 0.1) is 0 Å². The molecule has 0 radical (unpaired) electrons. The maximum absolute atomic E-state index is 5.77. The van der Waals surface area contributed by atoms with Crippen LogP contribution in [-0.2, 0) is 4.74 Å². The van der Waals surface area contributed by atoms with Crippen molar-refractivity contribution in [1.82, 2.24) is 0 Å². The van der Waals surface area contributed by atoms with E-state index in [1.165, 1.54) is 16.3 Å². The SMILES string of the molecule is CC1(C)CC(C=Cc2cccc3ccccc23)O1. The summed E-state index contributed by atoms with van der Waals surface area (Å²) in [6.07, 6.45) is 5.74. The fourth-order valence-electron chi connectivity index (χ4n) is 2.60. The van der Waals surface area contributed by atoms with Gasteiger partial charge < -0.3 is 4.74 Å². The second kappa shape index (κ2) is 4.25. The Morgan fingerprint density at radius 3 is 2.61 bits per heavy atom. The van der Waals surface area contributed by atoms with Gasteiger partial charge in [0.1, 0.15) is 0 Å². The molecule has 1 fully saturated rings. The molecule has 0 amide bonds. The van der Waals surface area contributed by atoms with Crippen molar-refractivity contribution >= 4 is 16.8 Å². The van der Waals surface area contributed by atoms with Gasteiger partial charge >= 0.3 is 0 Å². The first-order valence-corrected chi connectivity index (χ1v) is 6.48. The minimum atomic E-state index is 0.0633. The molecule has 2 aromatic rings. The van der Waals surface area contributed by atoms with Crippen LogP contribution in [0.5, 0.6) is 0 Å². The van der Waals surface area contributed by atoms with Crippen LogP contribution < -0.4 is 0 Å². The predicted octanol–water partition coefficient (Wildman–Crippen LogP) is 4.42. The number of benzene rings is 2. The van der Waals surface area contributed by atoms with Crippen LogP contribution in [0.1, 0.15) is 25.8 Å². The highest BCUT2D eigenvalue weighted by molar-refractivity contribution is 5.90. The summed E-state index contributed by atoms with van der Waals surface area (Å²) >= 11 is 0. The van der Waals surface area contributed by atoms with Gasteiger partial charge in [0.2, 0.25) is 0 Å². The van der Waals surface area contributed by atoms with Crippen molar-refractivity contribution in [3.05, 3.63) is 54.1 Å². The summed E-state index contributed by atoms with van der Waals surface area (Å²) in [5, 5.41) is 2.59. The van der Waals surface area contributed by atoms with Crippen LogP contribution in [0.15, 0.2) is 48.5 Å². The van der Waals surface area contributed by atoms with Crippen LogP contribution in [0.4, 0.5) is 0 Å². The van der Waals surface area contributed by atoms with E-state index in [2.05, 4.69) is 68.5 Å². The second-order valence-electron chi connectivity index (χ2n) is 5.55. The Bertz CT molecular complexity index is 582. The molecular formula is C17H18O. The molecular weight excluding hydrogens is 220 g/mol. The molecule has 1 atom stereocenters. The van der Waals surface area contributed by atoms with E-state index in [0.29, 0.717) is 0 Å². The summed E-state index contributed by atoms with van der Waals surface area (Å²) in [4.78, 5) is 0. The first-order valence-electron chi connectivity index (χ1n) is 6.48. The Balaban J connectivity index is 1.85. The Morgan fingerprint density at radius 1 is 1.11 bits per heavy atom. The van der Waals surface area contributed by atoms with E-state index in [1.54, 1.807) is 0 Å². The van der Waals surface area contributed by atoms with Gasteiger partial charge in [0.05, 0.1) is 11.7 Å². The Labute approximate surface area is 108 Å². The smallest absolute Gasteiger partial charge is 0.0793 e. The average molecular weight is 238 g/mol. The maximum atomic E-state index is 5.77. The lowest BCUT2D eigenvalue weighted by Crippen LogP contribution is -2.44. The third-order valence-corrected chi connectivity index (χ3v) is 3.48. The van der Waals surface area contributed by atoms with Gasteiger partial charge in [-0.2, -0.15) is 0 Å². The molecule has 1 heterocycles. The number of ether oxygens (including phenoxy) is 1. The van der Waals surface area contributed by atoms with E-state index in [1.807, 2.05) is 0 Å². The van der Waals surface area contributed by atoms with Crippen molar-refractivity contribution in [3.8, 4) is 0 Å². The lowest BCUT2D eigenvalue weighted by atomic mass is 9.92. The largest absolute Gasteiger partial charge is 0.368 e. The Morgan fingerprint density at radius 2 is 1.83 bits per heavy atom. The lowest BCUT2D eigenvalue weighted by molar-refractivity contribution is -0.161. The van der Waals surface area contributed by atoms with Gasteiger partial charge in [0.15, 0.2) is 0 Å². The van der Waals surface area contributed by atoms with Crippen molar-refractivity contribution < 1.29 is 4.74 Å². The normalized spacial score (nSPS) is 22.2. The van der Waals surface area contributed by atoms with Crippen molar-refractivity contribution in [3.63, 3.8) is 0 Å². The fraction of sp³-hybridized carbons (Fsp3) is 0.294. The molecule has 0 spiro atoms. The predicted molar refractivity (Wildman–Crippen MR) is 76.6 cm³/mol. The molecule has 0 saturated carbocycles. The molecule has 1 saturated heterocycles. The van der Waals surface area contributed by atoms with Gasteiger partial charge in [-0.05, 0) is 30.2 Å². The van der Waals surface area contributed by atoms with Crippen LogP contribution in [0.25, 0.3) is 16.8 Å². The molecule has 1 unspecified atom stereocenters. The van der Waals surface area contributed by atoms with E-state index < -0.39 is 0 Å². The van der Waals surface area contributed by atoms with Crippen molar-refractivity contribution in [2.24, 2.45) is 0 Å². The van der Waals surface area contributed by atoms with Crippen molar-refractivity contribution in [2.75, 3.05) is 0 Å². The second-order valence-corrected chi connectivity index (χ2v) is 5.55. The number of rotatable bonds is 2. The highest BCUT2D eigenvalue weighted by Gasteiger charge is 2.35. The molecule has 2 aromatic carbocycles. The summed E-state index contributed by atoms with van der Waals surface area (Å²) in [5.74, 6) is 0. The molecule has 0 N–H and O–H groups in total. The van der Waals surface area contributed by atoms with E-state index in [-0.39, 0.29) is 11.7 Å². The molecule has 18 heavy (non-hydrogen) atoms. The third kappa shape index (κ3) is 2.19. The van der Waals surface area contributed by atoms with E-state index in [4.69, 9.17) is 4.74 Å². The van der Waals surface area contributed by atoms with Crippen LogP contribution in [-0.4, -0.2) is 11.7 Å². The fourth-order valence-corrected chi connectivity index (χ4v) is 2.60. The van der Waals surface area contributed by atoms with Crippen molar-refractivity contribution in [1.29, 1.82) is 0 Å². The molecule has 0 aliphatic carbocycles. The molecule has 1 aliphatic heterocycles. The third-order valence-electron chi connectivity index (χ3n) is 3.48. The molecule has 92 valence electrons. The van der Waals surface area contributed by atoms with E-state index in [9.17, 15) is 0 Å². The highest BCUT2D eigenvalue weighted by atomic mass is 16.5. The Kier molecular flexibility index (Phi) is 2.71. The zero-order valence-electron chi connectivity index (χ0n) is 10.9. The summed E-state index contributed by atoms with van der Waals surface area (Å²) in [7, 11) is 0. The van der Waals surface area contributed by atoms with Crippen LogP contribution >= 0.6 is 0 Å².